The van der Waals surface area contributed by atoms with Gasteiger partial charge in [0.25, 0.3) is 0 Å². The fourth-order valence-electron chi connectivity index (χ4n) is 1.57. The molecule has 4 nitrogen and oxygen atoms in total. The molecule has 1 amide bonds. The summed E-state index contributed by atoms with van der Waals surface area (Å²) in [5.41, 5.74) is 6.25. The fraction of sp³-hybridized carbons (Fsp3) is 0.333. The number of nitrogens with zero attached hydrogens (tertiary/aromatic N) is 2. The number of halogens is 2. The molecule has 1 aromatic heterocycles. The topological polar surface area (TPSA) is 59.2 Å². The summed E-state index contributed by atoms with van der Waals surface area (Å²) in [6.45, 7) is 0.474. The van der Waals surface area contributed by atoms with E-state index in [0.29, 0.717) is 23.8 Å². The first kappa shape index (κ1) is 10.7. The Kier molecular flexibility index (Phi) is 2.82. The van der Waals surface area contributed by atoms with Crippen LogP contribution in [0.3, 0.4) is 0 Å². The number of nitrogens with two attached hydrogens (primary N) is 1. The summed E-state index contributed by atoms with van der Waals surface area (Å²) in [5, 5.41) is 0.532. The molecular formula is C9H9Cl2N3O. The number of hydrogen-bond acceptors (Lipinski definition) is 3. The number of amides is 1. The second-order valence-electron chi connectivity index (χ2n) is 3.41. The highest BCUT2D eigenvalue weighted by Crippen LogP contribution is 2.28. The Morgan fingerprint density at radius 3 is 2.73 bits per heavy atom. The van der Waals surface area contributed by atoms with Crippen molar-refractivity contribution in [1.82, 2.24) is 4.98 Å². The van der Waals surface area contributed by atoms with Gasteiger partial charge in [-0.25, -0.2) is 4.98 Å². The highest BCUT2D eigenvalue weighted by Gasteiger charge is 2.29. The zero-order valence-electron chi connectivity index (χ0n) is 7.78. The summed E-state index contributed by atoms with van der Waals surface area (Å²) in [7, 11) is 0. The molecule has 0 bridgehead atoms. The van der Waals surface area contributed by atoms with E-state index in [1.807, 2.05) is 0 Å². The van der Waals surface area contributed by atoms with Crippen LogP contribution in [0.2, 0.25) is 10.3 Å². The van der Waals surface area contributed by atoms with E-state index in [4.69, 9.17) is 28.9 Å². The summed E-state index contributed by atoms with van der Waals surface area (Å²) >= 11 is 11.6. The van der Waals surface area contributed by atoms with Crippen LogP contribution in [-0.2, 0) is 4.79 Å². The highest BCUT2D eigenvalue weighted by atomic mass is 35.5. The van der Waals surface area contributed by atoms with Crippen LogP contribution in [0.5, 0.6) is 0 Å². The van der Waals surface area contributed by atoms with E-state index < -0.39 is 0 Å². The van der Waals surface area contributed by atoms with Crippen LogP contribution in [0.4, 0.5) is 5.69 Å². The van der Waals surface area contributed by atoms with Gasteiger partial charge in [-0.15, -0.1) is 0 Å². The van der Waals surface area contributed by atoms with Crippen molar-refractivity contribution in [2.45, 2.75) is 12.5 Å². The summed E-state index contributed by atoms with van der Waals surface area (Å²) in [5.74, 6) is -0.0338. The van der Waals surface area contributed by atoms with Gasteiger partial charge in [0.15, 0.2) is 5.15 Å². The van der Waals surface area contributed by atoms with E-state index in [0.717, 1.165) is 0 Å². The predicted molar refractivity (Wildman–Crippen MR) is 59.2 cm³/mol. The molecule has 1 aliphatic heterocycles. The van der Waals surface area contributed by atoms with Crippen molar-refractivity contribution in [3.05, 3.63) is 22.4 Å². The maximum atomic E-state index is 11.5. The number of carbonyl (C=O) groups excluding carboxylic acids is 1. The molecule has 2 N–H and O–H groups in total. The summed E-state index contributed by atoms with van der Waals surface area (Å²) < 4.78 is 0. The number of carbonyl (C=O) groups is 1. The molecule has 0 aromatic carbocycles. The first-order valence-corrected chi connectivity index (χ1v) is 5.21. The van der Waals surface area contributed by atoms with Crippen molar-refractivity contribution in [2.24, 2.45) is 5.73 Å². The standard InChI is InChI=1S/C9H9Cl2N3O/c10-7-2-1-6(9(11)13-7)14-4-5(12)3-8(14)15/h1-2,5H,3-4,12H2. The number of aromatic nitrogens is 1. The van der Waals surface area contributed by atoms with Crippen molar-refractivity contribution < 1.29 is 4.79 Å². The minimum atomic E-state index is -0.135. The van der Waals surface area contributed by atoms with Gasteiger partial charge in [-0.3, -0.25) is 4.79 Å². The number of rotatable bonds is 1. The van der Waals surface area contributed by atoms with Crippen LogP contribution in [-0.4, -0.2) is 23.5 Å². The van der Waals surface area contributed by atoms with Gasteiger partial charge in [0.05, 0.1) is 5.69 Å². The van der Waals surface area contributed by atoms with Crippen LogP contribution in [0.15, 0.2) is 12.1 Å². The van der Waals surface area contributed by atoms with Crippen LogP contribution in [0, 0.1) is 0 Å². The van der Waals surface area contributed by atoms with Crippen LogP contribution < -0.4 is 10.6 Å². The van der Waals surface area contributed by atoms with Gasteiger partial charge in [-0.2, -0.15) is 0 Å². The lowest BCUT2D eigenvalue weighted by Crippen LogP contribution is -2.28. The maximum Gasteiger partial charge on any atom is 0.228 e. The van der Waals surface area contributed by atoms with Gasteiger partial charge >= 0.3 is 0 Å². The molecule has 80 valence electrons. The Labute approximate surface area is 97.0 Å². The normalized spacial score (nSPS) is 21.1. The summed E-state index contributed by atoms with van der Waals surface area (Å²) in [6.07, 6.45) is 0.346. The van der Waals surface area contributed by atoms with Crippen molar-refractivity contribution in [1.29, 1.82) is 0 Å². The molecule has 1 atom stereocenters. The smallest absolute Gasteiger partial charge is 0.228 e. The average Bonchev–Trinajstić information content (AvgIpc) is 2.45. The van der Waals surface area contributed by atoms with Gasteiger partial charge in [-0.05, 0) is 12.1 Å². The highest BCUT2D eigenvalue weighted by molar-refractivity contribution is 6.34. The lowest BCUT2D eigenvalue weighted by Gasteiger charge is -2.16. The van der Waals surface area contributed by atoms with Crippen molar-refractivity contribution >= 4 is 34.8 Å². The fourth-order valence-corrected chi connectivity index (χ4v) is 2.02. The molecule has 1 aromatic rings. The van der Waals surface area contributed by atoms with E-state index in [1.165, 1.54) is 4.90 Å². The molecule has 6 heteroatoms. The molecule has 1 saturated heterocycles. The first-order valence-electron chi connectivity index (χ1n) is 4.46. The Hall–Kier alpha value is -0.840. The van der Waals surface area contributed by atoms with Crippen LogP contribution in [0.25, 0.3) is 0 Å². The van der Waals surface area contributed by atoms with Gasteiger partial charge in [0, 0.05) is 19.0 Å². The Morgan fingerprint density at radius 1 is 1.47 bits per heavy atom. The zero-order valence-corrected chi connectivity index (χ0v) is 9.29. The maximum absolute atomic E-state index is 11.5. The zero-order chi connectivity index (χ0) is 11.0. The predicted octanol–water partition coefficient (Wildman–Crippen LogP) is 1.45. The van der Waals surface area contributed by atoms with E-state index >= 15 is 0 Å². The average molecular weight is 246 g/mol. The van der Waals surface area contributed by atoms with E-state index in [2.05, 4.69) is 4.98 Å². The van der Waals surface area contributed by atoms with Crippen molar-refractivity contribution in [3.8, 4) is 0 Å². The summed E-state index contributed by atoms with van der Waals surface area (Å²) in [4.78, 5) is 17.0. The molecule has 2 rings (SSSR count). The monoisotopic (exact) mass is 245 g/mol. The second-order valence-corrected chi connectivity index (χ2v) is 4.16. The van der Waals surface area contributed by atoms with Gasteiger partial charge in [-0.1, -0.05) is 23.2 Å². The molecule has 15 heavy (non-hydrogen) atoms. The Bertz CT molecular complexity index is 410. The van der Waals surface area contributed by atoms with Crippen molar-refractivity contribution in [3.63, 3.8) is 0 Å². The third-order valence-electron chi connectivity index (χ3n) is 2.24. The third-order valence-corrected chi connectivity index (χ3v) is 2.73. The molecule has 0 radical (unpaired) electrons. The molecule has 1 aliphatic rings. The molecule has 2 heterocycles. The van der Waals surface area contributed by atoms with E-state index in [9.17, 15) is 4.79 Å². The van der Waals surface area contributed by atoms with E-state index in [-0.39, 0.29) is 17.1 Å². The molecule has 1 fully saturated rings. The van der Waals surface area contributed by atoms with Crippen molar-refractivity contribution in [2.75, 3.05) is 11.4 Å². The lowest BCUT2D eigenvalue weighted by atomic mass is 10.3. The quantitative estimate of drug-likeness (QED) is 0.763. The Balaban J connectivity index is 2.34. The van der Waals surface area contributed by atoms with Gasteiger partial charge in [0.1, 0.15) is 5.15 Å². The molecule has 0 aliphatic carbocycles. The molecule has 0 spiro atoms. The van der Waals surface area contributed by atoms with Crippen LogP contribution >= 0.6 is 23.2 Å². The second kappa shape index (κ2) is 3.96. The minimum Gasteiger partial charge on any atom is -0.326 e. The molecular weight excluding hydrogens is 237 g/mol. The SMILES string of the molecule is NC1CC(=O)N(c2ccc(Cl)nc2Cl)C1. The van der Waals surface area contributed by atoms with E-state index in [1.54, 1.807) is 12.1 Å². The number of hydrogen-bond donors (Lipinski definition) is 1. The first-order chi connectivity index (χ1) is 7.08. The number of anilines is 1. The molecule has 0 saturated carbocycles. The van der Waals surface area contributed by atoms with Gasteiger partial charge < -0.3 is 10.6 Å². The molecule has 1 unspecified atom stereocenters. The summed E-state index contributed by atoms with van der Waals surface area (Å²) in [6, 6.07) is 3.14. The lowest BCUT2D eigenvalue weighted by molar-refractivity contribution is -0.117. The minimum absolute atomic E-state index is 0.0338. The third kappa shape index (κ3) is 2.07. The number of pyridine rings is 1. The van der Waals surface area contributed by atoms with Gasteiger partial charge in [0.2, 0.25) is 5.91 Å². The Morgan fingerprint density at radius 2 is 2.20 bits per heavy atom. The largest absolute Gasteiger partial charge is 0.326 e. The van der Waals surface area contributed by atoms with Crippen LogP contribution in [0.1, 0.15) is 6.42 Å².